The van der Waals surface area contributed by atoms with E-state index in [4.69, 9.17) is 14.2 Å². The third kappa shape index (κ3) is 3.97. The second-order valence-corrected chi connectivity index (χ2v) is 8.33. The average molecular weight is 425 g/mol. The third-order valence-electron chi connectivity index (χ3n) is 6.20. The molecule has 7 nitrogen and oxygen atoms in total. The topological polar surface area (TPSA) is 85.3 Å². The van der Waals surface area contributed by atoms with Gasteiger partial charge in [0.15, 0.2) is 5.78 Å². The van der Waals surface area contributed by atoms with Crippen molar-refractivity contribution in [3.05, 3.63) is 53.1 Å². The Morgan fingerprint density at radius 1 is 1.26 bits per heavy atom. The van der Waals surface area contributed by atoms with Crippen molar-refractivity contribution < 1.29 is 28.9 Å². The first kappa shape index (κ1) is 21.2. The molecule has 0 radical (unpaired) electrons. The summed E-state index contributed by atoms with van der Waals surface area (Å²) >= 11 is 0. The van der Waals surface area contributed by atoms with E-state index in [0.29, 0.717) is 37.7 Å². The molecular weight excluding hydrogens is 398 g/mol. The van der Waals surface area contributed by atoms with Crippen molar-refractivity contribution in [1.29, 1.82) is 0 Å². The number of aryl methyl sites for hydroxylation is 1. The van der Waals surface area contributed by atoms with Gasteiger partial charge in [0.25, 0.3) is 0 Å². The van der Waals surface area contributed by atoms with Gasteiger partial charge < -0.3 is 24.2 Å². The van der Waals surface area contributed by atoms with Crippen LogP contribution in [0.25, 0.3) is 0 Å². The fourth-order valence-electron chi connectivity index (χ4n) is 4.04. The van der Waals surface area contributed by atoms with Crippen LogP contribution in [-0.4, -0.2) is 55.4 Å². The average Bonchev–Trinajstić information content (AvgIpc) is 2.77. The fourth-order valence-corrected chi connectivity index (χ4v) is 4.04. The molecule has 164 valence electrons. The highest BCUT2D eigenvalue weighted by atomic mass is 16.5. The van der Waals surface area contributed by atoms with E-state index in [1.54, 1.807) is 19.1 Å². The number of nitrogens with zero attached hydrogens (tertiary/aromatic N) is 1. The Bertz CT molecular complexity index is 1010. The lowest BCUT2D eigenvalue weighted by atomic mass is 9.80. The highest BCUT2D eigenvalue weighted by Gasteiger charge is 2.46. The number of morpholine rings is 1. The second kappa shape index (κ2) is 8.23. The molecule has 2 aromatic carbocycles. The predicted octanol–water partition coefficient (Wildman–Crippen LogP) is 3.58. The third-order valence-corrected chi connectivity index (χ3v) is 6.20. The maximum Gasteiger partial charge on any atom is 0.336 e. The predicted molar refractivity (Wildman–Crippen MR) is 116 cm³/mol. The van der Waals surface area contributed by atoms with E-state index in [0.717, 1.165) is 11.3 Å². The Balaban J connectivity index is 1.69. The second-order valence-electron chi connectivity index (χ2n) is 8.33. The van der Waals surface area contributed by atoms with Crippen molar-refractivity contribution in [2.24, 2.45) is 5.92 Å². The van der Waals surface area contributed by atoms with Gasteiger partial charge in [-0.05, 0) is 31.5 Å². The van der Waals surface area contributed by atoms with E-state index in [9.17, 15) is 14.7 Å². The number of carbonyl (C=O) groups is 2. The molecule has 0 bridgehead atoms. The van der Waals surface area contributed by atoms with Gasteiger partial charge in [-0.3, -0.25) is 4.79 Å². The van der Waals surface area contributed by atoms with Gasteiger partial charge >= 0.3 is 5.97 Å². The van der Waals surface area contributed by atoms with Gasteiger partial charge in [0, 0.05) is 24.8 Å². The Labute approximate surface area is 181 Å². The van der Waals surface area contributed by atoms with Gasteiger partial charge in [-0.2, -0.15) is 0 Å². The Kier molecular flexibility index (Phi) is 5.62. The van der Waals surface area contributed by atoms with Crippen molar-refractivity contribution in [2.75, 3.05) is 37.8 Å². The number of ether oxygens (including phenoxy) is 3. The highest BCUT2D eigenvalue weighted by molar-refractivity contribution is 6.10. The van der Waals surface area contributed by atoms with E-state index >= 15 is 0 Å². The highest BCUT2D eigenvalue weighted by Crippen LogP contribution is 2.41. The maximum absolute atomic E-state index is 13.3. The number of ketones is 1. The number of carboxylic acid groups (broad SMARTS) is 1. The summed E-state index contributed by atoms with van der Waals surface area (Å²) in [5, 5.41) is 9.80. The van der Waals surface area contributed by atoms with Gasteiger partial charge in [0.1, 0.15) is 23.7 Å². The fraction of sp³-hybridized carbons (Fsp3) is 0.417. The summed E-state index contributed by atoms with van der Waals surface area (Å²) in [6.07, 6.45) is 0. The molecule has 1 fully saturated rings. The molecule has 1 saturated heterocycles. The van der Waals surface area contributed by atoms with E-state index < -0.39 is 17.5 Å². The minimum absolute atomic E-state index is 0.0299. The number of rotatable bonds is 5. The first-order chi connectivity index (χ1) is 14.8. The molecule has 1 N–H and O–H groups in total. The summed E-state index contributed by atoms with van der Waals surface area (Å²) in [5.74, 6) is -0.943. The molecule has 2 aliphatic heterocycles. The number of aromatic carboxylic acids is 1. The van der Waals surface area contributed by atoms with Crippen molar-refractivity contribution in [2.45, 2.75) is 26.4 Å². The van der Waals surface area contributed by atoms with Crippen LogP contribution < -0.4 is 14.4 Å². The van der Waals surface area contributed by atoms with Crippen LogP contribution in [0.1, 0.15) is 40.1 Å². The number of carboxylic acids is 1. The van der Waals surface area contributed by atoms with Crippen molar-refractivity contribution in [3.63, 3.8) is 0 Å². The zero-order valence-corrected chi connectivity index (χ0v) is 18.0. The molecule has 0 amide bonds. The van der Waals surface area contributed by atoms with Gasteiger partial charge in [0.05, 0.1) is 30.3 Å². The molecule has 0 aromatic heterocycles. The van der Waals surface area contributed by atoms with Gasteiger partial charge in [-0.15, -0.1) is 0 Å². The van der Waals surface area contributed by atoms with Gasteiger partial charge in [0.2, 0.25) is 0 Å². The normalized spacial score (nSPS) is 23.1. The molecule has 2 heterocycles. The number of hydrogen-bond donors (Lipinski definition) is 1. The first-order valence-corrected chi connectivity index (χ1v) is 10.5. The number of carbonyl (C=O) groups excluding carboxylic acids is 1. The minimum Gasteiger partial charge on any atom is -0.489 e. The summed E-state index contributed by atoms with van der Waals surface area (Å²) in [4.78, 5) is 27.3. The van der Waals surface area contributed by atoms with Crippen molar-refractivity contribution in [1.82, 2.24) is 0 Å². The molecule has 31 heavy (non-hydrogen) atoms. The van der Waals surface area contributed by atoms with Crippen molar-refractivity contribution >= 4 is 17.4 Å². The molecule has 0 saturated carbocycles. The Morgan fingerprint density at radius 3 is 2.65 bits per heavy atom. The molecule has 0 aliphatic carbocycles. The summed E-state index contributed by atoms with van der Waals surface area (Å²) in [7, 11) is 0. The van der Waals surface area contributed by atoms with E-state index in [2.05, 4.69) is 0 Å². The minimum atomic E-state index is -1.14. The number of hydrogen-bond acceptors (Lipinski definition) is 6. The van der Waals surface area contributed by atoms with Crippen LogP contribution in [0.3, 0.4) is 0 Å². The number of para-hydroxylation sites is 1. The molecule has 7 heteroatoms. The Hall–Kier alpha value is -3.06. The molecule has 2 aromatic rings. The van der Waals surface area contributed by atoms with Crippen LogP contribution >= 0.6 is 0 Å². The number of fused-ring (bicyclic) bond motifs is 1. The molecule has 0 spiro atoms. The monoisotopic (exact) mass is 425 g/mol. The van der Waals surface area contributed by atoms with Crippen molar-refractivity contribution in [3.8, 4) is 11.5 Å². The summed E-state index contributed by atoms with van der Waals surface area (Å²) in [6, 6.07) is 11.0. The summed E-state index contributed by atoms with van der Waals surface area (Å²) < 4.78 is 17.7. The molecule has 4 rings (SSSR count). The van der Waals surface area contributed by atoms with Crippen LogP contribution in [0.15, 0.2) is 36.4 Å². The lowest BCUT2D eigenvalue weighted by Gasteiger charge is -2.40. The van der Waals surface area contributed by atoms with E-state index in [1.807, 2.05) is 43.0 Å². The van der Waals surface area contributed by atoms with E-state index in [-0.39, 0.29) is 23.5 Å². The molecule has 2 aliphatic rings. The maximum atomic E-state index is 13.3. The number of anilines is 1. The van der Waals surface area contributed by atoms with Crippen LogP contribution in [0, 0.1) is 12.8 Å². The molecule has 2 atom stereocenters. The zero-order chi connectivity index (χ0) is 22.2. The van der Waals surface area contributed by atoms with Crippen LogP contribution in [0.4, 0.5) is 5.69 Å². The smallest absolute Gasteiger partial charge is 0.336 e. The standard InChI is InChI=1S/C24H27NO6/c1-15-6-4-5-7-19(15)30-14-24(3)16(2)22(26)21-18(23(27)28)12-17(13-20(21)31-24)25-8-10-29-11-9-25/h4-7,12-13,16H,8-11,14H2,1-3H3,(H,27,28). The zero-order valence-electron chi connectivity index (χ0n) is 18.0. The molecule has 2 unspecified atom stereocenters. The summed E-state index contributed by atoms with van der Waals surface area (Å²) in [6.45, 7) is 8.14. The van der Waals surface area contributed by atoms with Crippen LogP contribution in [-0.2, 0) is 4.74 Å². The first-order valence-electron chi connectivity index (χ1n) is 10.5. The quantitative estimate of drug-likeness (QED) is 0.784. The van der Waals surface area contributed by atoms with Crippen LogP contribution in [0.2, 0.25) is 0 Å². The lowest BCUT2D eigenvalue weighted by Crippen LogP contribution is -2.51. The number of benzene rings is 2. The summed E-state index contributed by atoms with van der Waals surface area (Å²) in [5.41, 5.74) is 0.863. The SMILES string of the molecule is Cc1ccccc1OCC1(C)Oc2cc(N3CCOCC3)cc(C(=O)O)c2C(=O)C1C. The largest absolute Gasteiger partial charge is 0.489 e. The number of Topliss-reactive ketones (excluding diaryl/α,β-unsaturated/α-hetero) is 1. The van der Waals surface area contributed by atoms with Crippen LogP contribution in [0.5, 0.6) is 11.5 Å². The van der Waals surface area contributed by atoms with E-state index in [1.165, 1.54) is 0 Å². The lowest BCUT2D eigenvalue weighted by molar-refractivity contribution is -0.0129. The Morgan fingerprint density at radius 2 is 1.97 bits per heavy atom. The molecular formula is C24H27NO6. The van der Waals surface area contributed by atoms with Gasteiger partial charge in [-0.1, -0.05) is 25.1 Å². The van der Waals surface area contributed by atoms with Gasteiger partial charge in [-0.25, -0.2) is 4.79 Å².